The summed E-state index contributed by atoms with van der Waals surface area (Å²) in [5.74, 6) is 0. The molecule has 2 rings (SSSR count). The number of hydrogen-bond donors (Lipinski definition) is 0. The van der Waals surface area contributed by atoms with Gasteiger partial charge in [-0.3, -0.25) is 0 Å². The largest absolute Gasteiger partial charge is 0.245 e. The van der Waals surface area contributed by atoms with Crippen molar-refractivity contribution in [1.29, 1.82) is 0 Å². The molecular weight excluding hydrogens is 234 g/mol. The van der Waals surface area contributed by atoms with Crippen LogP contribution < -0.4 is 0 Å². The third kappa shape index (κ3) is 1.57. The Morgan fingerprint density at radius 3 is 3.08 bits per heavy atom. The van der Waals surface area contributed by atoms with Gasteiger partial charge < -0.3 is 0 Å². The number of aromatic nitrogens is 1. The van der Waals surface area contributed by atoms with Crippen LogP contribution in [0.4, 0.5) is 0 Å². The number of nitrogens with zero attached hydrogens (tertiary/aromatic N) is 1. The number of hydrogen-bond acceptors (Lipinski definition) is 2. The average molecular weight is 242 g/mol. The van der Waals surface area contributed by atoms with E-state index in [2.05, 4.69) is 20.9 Å². The Labute approximate surface area is 86.0 Å². The van der Waals surface area contributed by atoms with Crippen LogP contribution in [0.15, 0.2) is 39.6 Å². The van der Waals surface area contributed by atoms with E-state index < -0.39 is 0 Å². The zero-order valence-electron chi connectivity index (χ0n) is 8.04. The molecule has 1 aromatic heterocycles. The summed E-state index contributed by atoms with van der Waals surface area (Å²) in [4.78, 5) is 4.00. The van der Waals surface area contributed by atoms with Gasteiger partial charge in [0.15, 0.2) is 0 Å². The van der Waals surface area contributed by atoms with Gasteiger partial charge in [0.2, 0.25) is 0 Å². The second kappa shape index (κ2) is 3.37. The third-order valence-electron chi connectivity index (χ3n) is 1.45. The van der Waals surface area contributed by atoms with Crippen molar-refractivity contribution in [2.45, 2.75) is 0 Å². The maximum absolute atomic E-state index is 7.62. The highest BCUT2D eigenvalue weighted by Gasteiger charge is 1.98. The Bertz CT molecular complexity index is 470. The average Bonchev–Trinajstić information content (AvgIpc) is 2.45. The topological polar surface area (TPSA) is 12.9 Å². The molecule has 0 saturated heterocycles. The number of halogens is 1. The van der Waals surface area contributed by atoms with Crippen LogP contribution in [-0.4, -0.2) is 4.98 Å². The molecule has 0 spiro atoms. The van der Waals surface area contributed by atoms with E-state index in [1.807, 2.05) is 24.3 Å². The summed E-state index contributed by atoms with van der Waals surface area (Å²) in [6.07, 6.45) is 0. The van der Waals surface area contributed by atoms with Crippen molar-refractivity contribution in [1.82, 2.24) is 4.98 Å². The maximum atomic E-state index is 7.62. The second-order valence-corrected chi connectivity index (χ2v) is 3.77. The molecule has 0 aliphatic rings. The zero-order valence-corrected chi connectivity index (χ0v) is 8.45. The van der Waals surface area contributed by atoms with Gasteiger partial charge >= 0.3 is 0 Å². The minimum absolute atomic E-state index is 0.185. The van der Waals surface area contributed by atoms with Crippen LogP contribution in [0.3, 0.4) is 0 Å². The van der Waals surface area contributed by atoms with Crippen molar-refractivity contribution in [3.05, 3.63) is 39.6 Å². The summed E-state index contributed by atoms with van der Waals surface area (Å²) in [6.45, 7) is 0. The van der Waals surface area contributed by atoms with Gasteiger partial charge in [0.1, 0.15) is 0 Å². The normalized spacial score (nSPS) is 12.4. The molecule has 0 aliphatic carbocycles. The van der Waals surface area contributed by atoms with Gasteiger partial charge in [-0.05, 0) is 12.1 Å². The van der Waals surface area contributed by atoms with E-state index in [-0.39, 0.29) is 5.49 Å². The lowest BCUT2D eigenvalue weighted by atomic mass is 10.2. The van der Waals surface area contributed by atoms with Crippen molar-refractivity contribution >= 4 is 27.3 Å². The quantitative estimate of drug-likeness (QED) is 0.744. The SMILES string of the molecule is [2H]c1nc(-c2cccc(Br)c2)c([2H])s1. The molecule has 0 saturated carbocycles. The molecule has 0 aliphatic heterocycles. The fraction of sp³-hybridized carbons (Fsp3) is 0. The Hall–Kier alpha value is -0.670. The van der Waals surface area contributed by atoms with Gasteiger partial charge in [0.25, 0.3) is 0 Å². The zero-order chi connectivity index (χ0) is 10.1. The van der Waals surface area contributed by atoms with Crippen LogP contribution in [0, 0.1) is 0 Å². The van der Waals surface area contributed by atoms with Gasteiger partial charge in [-0.2, -0.15) is 0 Å². The van der Waals surface area contributed by atoms with Crippen molar-refractivity contribution in [2.24, 2.45) is 0 Å². The lowest BCUT2D eigenvalue weighted by Crippen LogP contribution is -1.75. The third-order valence-corrected chi connectivity index (χ3v) is 2.42. The van der Waals surface area contributed by atoms with Crippen molar-refractivity contribution in [3.8, 4) is 11.3 Å². The van der Waals surface area contributed by atoms with Crippen LogP contribution in [0.25, 0.3) is 11.3 Å². The predicted octanol–water partition coefficient (Wildman–Crippen LogP) is 3.57. The molecule has 3 heteroatoms. The van der Waals surface area contributed by atoms with Gasteiger partial charge in [0, 0.05) is 15.4 Å². The van der Waals surface area contributed by atoms with Crippen molar-refractivity contribution in [3.63, 3.8) is 0 Å². The Morgan fingerprint density at radius 1 is 1.50 bits per heavy atom. The highest BCUT2D eigenvalue weighted by Crippen LogP contribution is 2.22. The second-order valence-electron chi connectivity index (χ2n) is 2.27. The van der Waals surface area contributed by atoms with Gasteiger partial charge in [-0.25, -0.2) is 4.98 Å². The Balaban J connectivity index is 2.54. The van der Waals surface area contributed by atoms with E-state index in [9.17, 15) is 0 Å². The molecule has 60 valence electrons. The summed E-state index contributed by atoms with van der Waals surface area (Å²) >= 11 is 4.44. The Kier molecular flexibility index (Phi) is 1.65. The smallest absolute Gasteiger partial charge is 0.0960 e. The van der Waals surface area contributed by atoms with Gasteiger partial charge in [0.05, 0.1) is 13.9 Å². The fourth-order valence-electron chi connectivity index (χ4n) is 0.922. The summed E-state index contributed by atoms with van der Waals surface area (Å²) < 4.78 is 15.9. The molecule has 1 heterocycles. The highest BCUT2D eigenvalue weighted by atomic mass is 79.9. The van der Waals surface area contributed by atoms with Crippen LogP contribution in [0.5, 0.6) is 0 Å². The molecule has 0 radical (unpaired) electrons. The van der Waals surface area contributed by atoms with Crippen LogP contribution in [-0.2, 0) is 0 Å². The molecular formula is C9H6BrNS. The van der Waals surface area contributed by atoms with Gasteiger partial charge in [-0.15, -0.1) is 11.3 Å². The minimum Gasteiger partial charge on any atom is -0.245 e. The standard InChI is InChI=1S/C9H6BrNS/c10-8-3-1-2-7(4-8)9-5-12-6-11-9/h1-6H/i5D,6D. The summed E-state index contributed by atoms with van der Waals surface area (Å²) in [5, 5.41) is 0.341. The molecule has 0 amide bonds. The number of thiazole rings is 1. The van der Waals surface area contributed by atoms with E-state index >= 15 is 0 Å². The minimum atomic E-state index is 0.185. The van der Waals surface area contributed by atoms with E-state index in [1.54, 1.807) is 0 Å². The summed E-state index contributed by atoms with van der Waals surface area (Å²) in [7, 11) is 0. The molecule has 0 bridgehead atoms. The molecule has 0 fully saturated rings. The molecule has 0 N–H and O–H groups in total. The van der Waals surface area contributed by atoms with Crippen LogP contribution in [0.1, 0.15) is 2.74 Å². The Morgan fingerprint density at radius 2 is 2.42 bits per heavy atom. The fourth-order valence-corrected chi connectivity index (χ4v) is 1.76. The van der Waals surface area contributed by atoms with Crippen LogP contribution in [0.2, 0.25) is 0 Å². The highest BCUT2D eigenvalue weighted by molar-refractivity contribution is 9.10. The first-order valence-corrected chi connectivity index (χ1v) is 4.98. The molecule has 2 aromatic rings. The van der Waals surface area contributed by atoms with E-state index in [4.69, 9.17) is 2.74 Å². The van der Waals surface area contributed by atoms with Crippen molar-refractivity contribution < 1.29 is 2.74 Å². The molecule has 1 nitrogen and oxygen atoms in total. The van der Waals surface area contributed by atoms with Gasteiger partial charge in [-0.1, -0.05) is 28.1 Å². The molecule has 0 unspecified atom stereocenters. The van der Waals surface area contributed by atoms with Crippen LogP contribution >= 0.6 is 27.3 Å². The predicted molar refractivity (Wildman–Crippen MR) is 55.3 cm³/mol. The van der Waals surface area contributed by atoms with E-state index in [1.165, 1.54) is 0 Å². The molecule has 12 heavy (non-hydrogen) atoms. The summed E-state index contributed by atoms with van der Waals surface area (Å²) in [6, 6.07) is 7.59. The van der Waals surface area contributed by atoms with Crippen molar-refractivity contribution in [2.75, 3.05) is 0 Å². The first-order chi connectivity index (χ1) is 6.66. The lowest BCUT2D eigenvalue weighted by Gasteiger charge is -1.95. The lowest BCUT2D eigenvalue weighted by molar-refractivity contribution is 1.41. The van der Waals surface area contributed by atoms with E-state index in [0.717, 1.165) is 21.4 Å². The first-order valence-electron chi connectivity index (χ1n) is 4.37. The maximum Gasteiger partial charge on any atom is 0.0960 e. The van der Waals surface area contributed by atoms with E-state index in [0.29, 0.717) is 11.1 Å². The number of rotatable bonds is 1. The first kappa shape index (κ1) is 5.89. The summed E-state index contributed by atoms with van der Waals surface area (Å²) in [5.41, 5.74) is 1.64. The molecule has 0 atom stereocenters. The number of benzene rings is 1. The molecule has 1 aromatic carbocycles. The monoisotopic (exact) mass is 241 g/mol.